The molecule has 0 unspecified atom stereocenters. The fraction of sp³-hybridized carbons (Fsp3) is 0.455. The van der Waals surface area contributed by atoms with E-state index >= 15 is 0 Å². The van der Waals surface area contributed by atoms with Crippen molar-refractivity contribution in [3.05, 3.63) is 83.7 Å². The lowest BCUT2D eigenvalue weighted by molar-refractivity contribution is -0.144. The monoisotopic (exact) mass is 559 g/mol. The average Bonchev–Trinajstić information content (AvgIpc) is 3.24. The summed E-state index contributed by atoms with van der Waals surface area (Å²) in [5.41, 5.74) is 1.60. The third-order valence-corrected chi connectivity index (χ3v) is 8.64. The van der Waals surface area contributed by atoms with Crippen molar-refractivity contribution in [1.29, 1.82) is 0 Å². The Morgan fingerprint density at radius 1 is 0.878 bits per heavy atom. The third kappa shape index (κ3) is 6.92. The van der Waals surface area contributed by atoms with E-state index in [0.717, 1.165) is 37.7 Å². The van der Waals surface area contributed by atoms with Crippen LogP contribution in [-0.2, 0) is 32.1 Å². The van der Waals surface area contributed by atoms with Crippen LogP contribution in [0.15, 0.2) is 66.7 Å². The van der Waals surface area contributed by atoms with Crippen LogP contribution in [0, 0.1) is 17.7 Å². The molecule has 0 spiro atoms. The fourth-order valence-electron chi connectivity index (χ4n) is 6.33. The largest absolute Gasteiger partial charge is 0.352 e. The Morgan fingerprint density at radius 2 is 1.51 bits per heavy atom. The first-order chi connectivity index (χ1) is 19.9. The highest BCUT2D eigenvalue weighted by molar-refractivity contribution is 6.05. The Labute approximate surface area is 240 Å². The van der Waals surface area contributed by atoms with E-state index in [4.69, 9.17) is 0 Å². The number of nitrogens with zero attached hydrogens (tertiary/aromatic N) is 2. The lowest BCUT2D eigenvalue weighted by Gasteiger charge is -2.34. The number of hydrogen-bond acceptors (Lipinski definition) is 4. The maximum absolute atomic E-state index is 13.9. The van der Waals surface area contributed by atoms with Gasteiger partial charge in [0.05, 0.1) is 11.8 Å². The zero-order valence-corrected chi connectivity index (χ0v) is 23.3. The van der Waals surface area contributed by atoms with E-state index < -0.39 is 6.04 Å². The number of nitrogens with one attached hydrogen (secondary N) is 1. The lowest BCUT2D eigenvalue weighted by atomic mass is 9.85. The van der Waals surface area contributed by atoms with Gasteiger partial charge in [-0.15, -0.1) is 0 Å². The molecule has 3 atom stereocenters. The number of likely N-dealkylation sites (tertiary alicyclic amines) is 1. The quantitative estimate of drug-likeness (QED) is 0.342. The molecule has 2 aliphatic carbocycles. The number of halogens is 1. The maximum Gasteiger partial charge on any atom is 0.243 e. The van der Waals surface area contributed by atoms with Crippen molar-refractivity contribution in [1.82, 2.24) is 15.1 Å². The van der Waals surface area contributed by atoms with Crippen molar-refractivity contribution in [3.8, 4) is 0 Å². The van der Waals surface area contributed by atoms with Gasteiger partial charge >= 0.3 is 0 Å². The molecule has 1 saturated carbocycles. The predicted molar refractivity (Wildman–Crippen MR) is 153 cm³/mol. The van der Waals surface area contributed by atoms with Gasteiger partial charge in [-0.25, -0.2) is 4.39 Å². The molecule has 3 aliphatic rings. The summed E-state index contributed by atoms with van der Waals surface area (Å²) >= 11 is 0. The minimum absolute atomic E-state index is 0.0221. The van der Waals surface area contributed by atoms with Gasteiger partial charge in [0.2, 0.25) is 23.6 Å². The van der Waals surface area contributed by atoms with Gasteiger partial charge in [0.25, 0.3) is 0 Å². The van der Waals surface area contributed by atoms with Crippen molar-refractivity contribution in [2.45, 2.75) is 76.4 Å². The van der Waals surface area contributed by atoms with E-state index in [1.54, 1.807) is 12.1 Å². The fourth-order valence-corrected chi connectivity index (χ4v) is 6.33. The molecule has 2 aromatic rings. The van der Waals surface area contributed by atoms with Gasteiger partial charge in [0, 0.05) is 32.0 Å². The second-order valence-corrected chi connectivity index (χ2v) is 11.4. The van der Waals surface area contributed by atoms with Crippen LogP contribution in [0.2, 0.25) is 0 Å². The zero-order valence-electron chi connectivity index (χ0n) is 23.3. The zero-order chi connectivity index (χ0) is 28.8. The summed E-state index contributed by atoms with van der Waals surface area (Å²) in [6, 6.07) is 14.7. The Bertz CT molecular complexity index is 1250. The van der Waals surface area contributed by atoms with E-state index in [1.165, 1.54) is 21.9 Å². The van der Waals surface area contributed by atoms with E-state index in [-0.39, 0.29) is 66.8 Å². The first kappa shape index (κ1) is 28.7. The molecule has 8 heteroatoms. The van der Waals surface area contributed by atoms with Crippen LogP contribution < -0.4 is 5.32 Å². The Balaban J connectivity index is 1.38. The SMILES string of the molecule is O=C(NC1CCCCC1)[C@H](Cc1ccccc1)N(Cc1ccc(F)cc1)C(=O)CCN1C(=O)[C@H]2CC=CC[C@H]2C1=O. The van der Waals surface area contributed by atoms with Crippen LogP contribution in [0.4, 0.5) is 4.39 Å². The molecule has 7 nitrogen and oxygen atoms in total. The summed E-state index contributed by atoms with van der Waals surface area (Å²) in [4.78, 5) is 56.6. The minimum atomic E-state index is -0.811. The van der Waals surface area contributed by atoms with E-state index in [0.29, 0.717) is 24.8 Å². The molecule has 0 radical (unpaired) electrons. The van der Waals surface area contributed by atoms with Gasteiger partial charge in [-0.3, -0.25) is 24.1 Å². The van der Waals surface area contributed by atoms with Crippen molar-refractivity contribution in [2.75, 3.05) is 6.54 Å². The molecule has 1 heterocycles. The number of fused-ring (bicyclic) bond motifs is 1. The molecule has 1 aliphatic heterocycles. The van der Waals surface area contributed by atoms with Crippen LogP contribution in [0.25, 0.3) is 0 Å². The van der Waals surface area contributed by atoms with Gasteiger partial charge in [-0.1, -0.05) is 73.9 Å². The van der Waals surface area contributed by atoms with Gasteiger partial charge < -0.3 is 10.2 Å². The molecule has 2 fully saturated rings. The number of rotatable bonds is 10. The molecule has 1 N–H and O–H groups in total. The van der Waals surface area contributed by atoms with Gasteiger partial charge in [-0.05, 0) is 48.9 Å². The van der Waals surface area contributed by atoms with Crippen LogP contribution in [0.5, 0.6) is 0 Å². The third-order valence-electron chi connectivity index (χ3n) is 8.64. The second kappa shape index (κ2) is 13.2. The van der Waals surface area contributed by atoms with Crippen molar-refractivity contribution >= 4 is 23.6 Å². The van der Waals surface area contributed by atoms with Gasteiger partial charge in [0.15, 0.2) is 0 Å². The van der Waals surface area contributed by atoms with E-state index in [9.17, 15) is 23.6 Å². The number of allylic oxidation sites excluding steroid dienone is 2. The maximum atomic E-state index is 13.9. The molecule has 1 saturated heterocycles. The summed E-state index contributed by atoms with van der Waals surface area (Å²) in [7, 11) is 0. The van der Waals surface area contributed by atoms with Crippen molar-refractivity contribution < 1.29 is 23.6 Å². The number of hydrogen-bond donors (Lipinski definition) is 1. The molecule has 0 bridgehead atoms. The highest BCUT2D eigenvalue weighted by Crippen LogP contribution is 2.35. The summed E-state index contributed by atoms with van der Waals surface area (Å²) in [5, 5.41) is 3.20. The first-order valence-corrected chi connectivity index (χ1v) is 14.8. The molecule has 5 rings (SSSR count). The number of carbonyl (C=O) groups excluding carboxylic acids is 4. The summed E-state index contributed by atoms with van der Waals surface area (Å²) in [5.74, 6) is -2.10. The molecule has 216 valence electrons. The number of benzene rings is 2. The smallest absolute Gasteiger partial charge is 0.243 e. The van der Waals surface area contributed by atoms with Gasteiger partial charge in [-0.2, -0.15) is 0 Å². The van der Waals surface area contributed by atoms with Crippen LogP contribution in [0.1, 0.15) is 62.5 Å². The predicted octanol–water partition coefficient (Wildman–Crippen LogP) is 4.56. The minimum Gasteiger partial charge on any atom is -0.352 e. The standard InChI is InChI=1S/C33H38FN3O4/c34-25-17-15-24(16-18-25)22-37(30(38)19-20-36-32(40)27-13-7-8-14-28(27)33(36)41)29(21-23-9-3-1-4-10-23)31(39)35-26-11-5-2-6-12-26/h1,3-4,7-10,15-18,26-29H,2,5-6,11-14,19-22H2,(H,35,39)/t27-,28+,29-/m0/s1. The van der Waals surface area contributed by atoms with Crippen LogP contribution >= 0.6 is 0 Å². The molecule has 41 heavy (non-hydrogen) atoms. The second-order valence-electron chi connectivity index (χ2n) is 11.4. The Kier molecular flexibility index (Phi) is 9.27. The molecular formula is C33H38FN3O4. The lowest BCUT2D eigenvalue weighted by Crippen LogP contribution is -2.53. The average molecular weight is 560 g/mol. The Hall–Kier alpha value is -3.81. The topological polar surface area (TPSA) is 86.8 Å². The Morgan fingerprint density at radius 3 is 2.15 bits per heavy atom. The molecule has 0 aromatic heterocycles. The van der Waals surface area contributed by atoms with E-state index in [2.05, 4.69) is 5.32 Å². The highest BCUT2D eigenvalue weighted by Gasteiger charge is 2.47. The summed E-state index contributed by atoms with van der Waals surface area (Å²) < 4.78 is 13.7. The number of imide groups is 1. The molecular weight excluding hydrogens is 521 g/mol. The highest BCUT2D eigenvalue weighted by atomic mass is 19.1. The number of carbonyl (C=O) groups is 4. The van der Waals surface area contributed by atoms with Crippen molar-refractivity contribution in [3.63, 3.8) is 0 Å². The van der Waals surface area contributed by atoms with Crippen LogP contribution in [0.3, 0.4) is 0 Å². The normalized spacial score (nSPS) is 21.4. The molecule has 4 amide bonds. The molecule has 2 aromatic carbocycles. The summed E-state index contributed by atoms with van der Waals surface area (Å²) in [6.45, 7) is 0.0808. The first-order valence-electron chi connectivity index (χ1n) is 14.8. The van der Waals surface area contributed by atoms with Crippen LogP contribution in [-0.4, -0.2) is 52.1 Å². The number of amides is 4. The van der Waals surface area contributed by atoms with Crippen molar-refractivity contribution in [2.24, 2.45) is 11.8 Å². The van der Waals surface area contributed by atoms with Gasteiger partial charge in [0.1, 0.15) is 11.9 Å². The van der Waals surface area contributed by atoms with E-state index in [1.807, 2.05) is 42.5 Å². The summed E-state index contributed by atoms with van der Waals surface area (Å²) in [6.07, 6.45) is 10.3.